The highest BCUT2D eigenvalue weighted by molar-refractivity contribution is 5.86. The second-order valence-electron chi connectivity index (χ2n) is 5.08. The molecule has 114 valence electrons. The van der Waals surface area contributed by atoms with Gasteiger partial charge in [0, 0.05) is 32.7 Å². The zero-order chi connectivity index (χ0) is 14.7. The fourth-order valence-corrected chi connectivity index (χ4v) is 2.72. The van der Waals surface area contributed by atoms with E-state index in [-0.39, 0.29) is 13.2 Å². The van der Waals surface area contributed by atoms with Crippen molar-refractivity contribution in [3.63, 3.8) is 0 Å². The summed E-state index contributed by atoms with van der Waals surface area (Å²) in [6.45, 7) is 4.97. The van der Waals surface area contributed by atoms with Gasteiger partial charge in [-0.3, -0.25) is 4.90 Å². The van der Waals surface area contributed by atoms with Crippen LogP contribution in [-0.2, 0) is 6.54 Å². The van der Waals surface area contributed by atoms with Gasteiger partial charge in [-0.1, -0.05) is 0 Å². The number of nitrogens with zero attached hydrogens (tertiary/aromatic N) is 6. The van der Waals surface area contributed by atoms with E-state index in [1.54, 1.807) is 17.2 Å². The molecule has 2 N–H and O–H groups in total. The quantitative estimate of drug-likeness (QED) is 0.725. The van der Waals surface area contributed by atoms with Gasteiger partial charge in [-0.2, -0.15) is 5.10 Å². The number of piperazine rings is 1. The van der Waals surface area contributed by atoms with Gasteiger partial charge in [-0.05, 0) is 0 Å². The summed E-state index contributed by atoms with van der Waals surface area (Å²) in [5.74, 6) is 0.896. The lowest BCUT2D eigenvalue weighted by Crippen LogP contribution is -2.47. The first kappa shape index (κ1) is 14.2. The number of hydrogen-bond donors (Lipinski definition) is 2. The summed E-state index contributed by atoms with van der Waals surface area (Å²) in [6.07, 6.45) is 3.31. The number of aromatic nitrogens is 4. The number of anilines is 1. The van der Waals surface area contributed by atoms with Crippen molar-refractivity contribution in [2.24, 2.45) is 0 Å². The molecule has 1 fully saturated rings. The molecule has 3 rings (SSSR count). The Bertz CT molecular complexity index is 593. The van der Waals surface area contributed by atoms with Crippen LogP contribution in [-0.4, -0.2) is 80.8 Å². The van der Waals surface area contributed by atoms with E-state index in [2.05, 4.69) is 24.9 Å². The van der Waals surface area contributed by atoms with Gasteiger partial charge in [0.05, 0.1) is 31.3 Å². The molecular weight excluding hydrogens is 272 g/mol. The van der Waals surface area contributed by atoms with Gasteiger partial charge in [-0.15, -0.1) is 0 Å². The van der Waals surface area contributed by atoms with E-state index in [4.69, 9.17) is 10.2 Å². The van der Waals surface area contributed by atoms with E-state index in [1.807, 2.05) is 0 Å². The Hall–Kier alpha value is -1.77. The Morgan fingerprint density at radius 2 is 1.76 bits per heavy atom. The Kier molecular flexibility index (Phi) is 4.28. The van der Waals surface area contributed by atoms with E-state index in [1.165, 1.54) is 0 Å². The molecule has 2 aromatic rings. The summed E-state index contributed by atoms with van der Waals surface area (Å²) in [7, 11) is 0. The Balaban J connectivity index is 1.81. The summed E-state index contributed by atoms with van der Waals surface area (Å²) >= 11 is 0. The Morgan fingerprint density at radius 3 is 2.48 bits per heavy atom. The van der Waals surface area contributed by atoms with E-state index in [0.717, 1.165) is 49.6 Å². The molecule has 21 heavy (non-hydrogen) atoms. The molecule has 0 amide bonds. The smallest absolute Gasteiger partial charge is 0.163 e. The number of aliphatic hydroxyl groups excluding tert-OH is 2. The number of β-amino-alcohol motifs (C(OH)–C–C–N with tert-alkyl or cyclic N) is 1. The van der Waals surface area contributed by atoms with Crippen LogP contribution in [0, 0.1) is 0 Å². The van der Waals surface area contributed by atoms with Crippen LogP contribution in [0.4, 0.5) is 5.82 Å². The van der Waals surface area contributed by atoms with E-state index in [9.17, 15) is 0 Å². The summed E-state index contributed by atoms with van der Waals surface area (Å²) < 4.78 is 1.70. The van der Waals surface area contributed by atoms with Gasteiger partial charge in [0.25, 0.3) is 0 Å². The van der Waals surface area contributed by atoms with Crippen molar-refractivity contribution in [1.29, 1.82) is 0 Å². The minimum atomic E-state index is 0.0376. The second-order valence-corrected chi connectivity index (χ2v) is 5.08. The Labute approximate surface area is 122 Å². The maximum Gasteiger partial charge on any atom is 0.163 e. The van der Waals surface area contributed by atoms with Crippen LogP contribution >= 0.6 is 0 Å². The van der Waals surface area contributed by atoms with Gasteiger partial charge in [0.2, 0.25) is 0 Å². The molecule has 0 radical (unpaired) electrons. The summed E-state index contributed by atoms with van der Waals surface area (Å²) in [6, 6.07) is 0. The largest absolute Gasteiger partial charge is 0.395 e. The van der Waals surface area contributed by atoms with Gasteiger partial charge >= 0.3 is 0 Å². The van der Waals surface area contributed by atoms with E-state index < -0.39 is 0 Å². The highest BCUT2D eigenvalue weighted by Crippen LogP contribution is 2.23. The molecule has 0 aliphatic carbocycles. The molecule has 0 spiro atoms. The molecule has 0 aromatic carbocycles. The summed E-state index contributed by atoms with van der Waals surface area (Å²) in [5.41, 5.74) is 0.756. The molecule has 1 saturated heterocycles. The summed E-state index contributed by atoms with van der Waals surface area (Å²) in [5, 5.41) is 23.2. The first-order valence-corrected chi connectivity index (χ1v) is 7.19. The maximum absolute atomic E-state index is 9.05. The van der Waals surface area contributed by atoms with Crippen molar-refractivity contribution in [3.8, 4) is 0 Å². The van der Waals surface area contributed by atoms with E-state index >= 15 is 0 Å². The third kappa shape index (κ3) is 2.82. The number of rotatable bonds is 5. The van der Waals surface area contributed by atoms with Crippen molar-refractivity contribution < 1.29 is 10.2 Å². The van der Waals surface area contributed by atoms with Crippen LogP contribution in [0.5, 0.6) is 0 Å². The van der Waals surface area contributed by atoms with Crippen LogP contribution in [0.1, 0.15) is 0 Å². The fraction of sp³-hybridized carbons (Fsp3) is 0.615. The average Bonchev–Trinajstić information content (AvgIpc) is 2.92. The molecule has 0 bridgehead atoms. The molecule has 2 aromatic heterocycles. The molecule has 8 heteroatoms. The van der Waals surface area contributed by atoms with Gasteiger partial charge in [0.1, 0.15) is 12.1 Å². The lowest BCUT2D eigenvalue weighted by molar-refractivity contribution is 0.188. The average molecular weight is 292 g/mol. The first-order valence-electron chi connectivity index (χ1n) is 7.19. The molecule has 3 heterocycles. The van der Waals surface area contributed by atoms with Gasteiger partial charge in [-0.25, -0.2) is 14.6 Å². The highest BCUT2D eigenvalue weighted by Gasteiger charge is 2.20. The predicted molar refractivity (Wildman–Crippen MR) is 78.1 cm³/mol. The van der Waals surface area contributed by atoms with Crippen molar-refractivity contribution in [2.75, 3.05) is 50.8 Å². The van der Waals surface area contributed by atoms with Crippen LogP contribution in [0.15, 0.2) is 12.5 Å². The molecular formula is C13H20N6O2. The third-order valence-electron chi connectivity index (χ3n) is 3.81. The molecule has 1 aliphatic rings. The van der Waals surface area contributed by atoms with E-state index in [0.29, 0.717) is 6.54 Å². The minimum Gasteiger partial charge on any atom is -0.395 e. The number of hydrogen-bond acceptors (Lipinski definition) is 7. The number of aliphatic hydroxyl groups is 2. The molecule has 0 atom stereocenters. The van der Waals surface area contributed by atoms with Crippen LogP contribution in [0.25, 0.3) is 11.0 Å². The highest BCUT2D eigenvalue weighted by atomic mass is 16.3. The molecule has 8 nitrogen and oxygen atoms in total. The summed E-state index contributed by atoms with van der Waals surface area (Å²) in [4.78, 5) is 13.1. The second kappa shape index (κ2) is 6.33. The zero-order valence-electron chi connectivity index (χ0n) is 11.9. The molecule has 0 saturated carbocycles. The third-order valence-corrected chi connectivity index (χ3v) is 3.81. The van der Waals surface area contributed by atoms with Crippen molar-refractivity contribution in [3.05, 3.63) is 12.5 Å². The van der Waals surface area contributed by atoms with Crippen molar-refractivity contribution in [1.82, 2.24) is 24.6 Å². The molecule has 1 aliphatic heterocycles. The van der Waals surface area contributed by atoms with Crippen LogP contribution in [0.2, 0.25) is 0 Å². The fourth-order valence-electron chi connectivity index (χ4n) is 2.72. The van der Waals surface area contributed by atoms with Gasteiger partial charge < -0.3 is 15.1 Å². The standard InChI is InChI=1S/C13H20N6O2/c20-7-5-17-1-3-18(4-2-17)12-11-9-16-19(6-8-21)13(11)15-10-14-12/h9-10,20-21H,1-8H2. The normalized spacial score (nSPS) is 16.8. The predicted octanol–water partition coefficient (Wildman–Crippen LogP) is -1.07. The Morgan fingerprint density at radius 1 is 1.00 bits per heavy atom. The minimum absolute atomic E-state index is 0.0376. The van der Waals surface area contributed by atoms with Gasteiger partial charge in [0.15, 0.2) is 5.65 Å². The number of fused-ring (bicyclic) bond motifs is 1. The SMILES string of the molecule is OCCN1CCN(c2ncnc3c2cnn3CCO)CC1. The topological polar surface area (TPSA) is 90.5 Å². The van der Waals surface area contributed by atoms with Crippen molar-refractivity contribution in [2.45, 2.75) is 6.54 Å². The lowest BCUT2D eigenvalue weighted by atomic mass is 10.3. The monoisotopic (exact) mass is 292 g/mol. The van der Waals surface area contributed by atoms with Crippen LogP contribution in [0.3, 0.4) is 0 Å². The lowest BCUT2D eigenvalue weighted by Gasteiger charge is -2.35. The maximum atomic E-state index is 9.05. The first-order chi connectivity index (χ1) is 10.3. The van der Waals surface area contributed by atoms with Crippen LogP contribution < -0.4 is 4.90 Å². The molecule has 0 unspecified atom stereocenters. The van der Waals surface area contributed by atoms with Crippen molar-refractivity contribution >= 4 is 16.9 Å². The zero-order valence-corrected chi connectivity index (χ0v) is 11.9.